The third kappa shape index (κ3) is 2.20. The van der Waals surface area contributed by atoms with Crippen LogP contribution in [-0.2, 0) is 16.8 Å². The Morgan fingerprint density at radius 3 is 2.83 bits per heavy atom. The van der Waals surface area contributed by atoms with E-state index in [1.807, 2.05) is 23.1 Å². The molecule has 2 aromatic heterocycles. The van der Waals surface area contributed by atoms with Gasteiger partial charge in [-0.2, -0.15) is 0 Å². The number of nitrogens with zero attached hydrogens (tertiary/aromatic N) is 2. The lowest BCUT2D eigenvalue weighted by Crippen LogP contribution is -2.43. The highest BCUT2D eigenvalue weighted by atomic mass is 16.3. The lowest BCUT2D eigenvalue weighted by atomic mass is 9.77. The van der Waals surface area contributed by atoms with Crippen molar-refractivity contribution in [2.45, 2.75) is 31.2 Å². The van der Waals surface area contributed by atoms with E-state index in [0.29, 0.717) is 29.9 Å². The maximum absolute atomic E-state index is 14.0. The van der Waals surface area contributed by atoms with Crippen molar-refractivity contribution in [2.24, 2.45) is 5.92 Å². The van der Waals surface area contributed by atoms with Crippen LogP contribution in [0.3, 0.4) is 0 Å². The number of nitrogens with one attached hydrogen (secondary N) is 1. The number of hydrogen-bond donors (Lipinski definition) is 1. The Labute approximate surface area is 168 Å². The van der Waals surface area contributed by atoms with Gasteiger partial charge in [-0.1, -0.05) is 18.2 Å². The third-order valence-electron chi connectivity index (χ3n) is 7.04. The number of piperidine rings is 1. The summed E-state index contributed by atoms with van der Waals surface area (Å²) in [4.78, 5) is 29.0. The molecule has 0 aliphatic carbocycles. The lowest BCUT2D eigenvalue weighted by Gasteiger charge is -2.29. The Bertz CT molecular complexity index is 1190. The number of amides is 1. The minimum atomic E-state index is -0.788. The second kappa shape index (κ2) is 6.07. The molecule has 1 aromatic carbocycles. The van der Waals surface area contributed by atoms with Gasteiger partial charge in [0.15, 0.2) is 0 Å². The van der Waals surface area contributed by atoms with E-state index >= 15 is 0 Å². The highest BCUT2D eigenvalue weighted by Crippen LogP contribution is 2.51. The largest absolute Gasteiger partial charge is 0.464 e. The van der Waals surface area contributed by atoms with Crippen LogP contribution in [0.4, 0.5) is 5.69 Å². The summed E-state index contributed by atoms with van der Waals surface area (Å²) in [5.41, 5.74) is 2.50. The van der Waals surface area contributed by atoms with E-state index in [2.05, 4.69) is 17.4 Å². The number of furan rings is 1. The molecule has 1 unspecified atom stereocenters. The molecule has 0 radical (unpaired) electrons. The van der Waals surface area contributed by atoms with Crippen LogP contribution in [-0.4, -0.2) is 30.1 Å². The van der Waals surface area contributed by atoms with Gasteiger partial charge < -0.3 is 19.2 Å². The number of fused-ring (bicyclic) bond motifs is 5. The van der Waals surface area contributed by atoms with Crippen LogP contribution >= 0.6 is 0 Å². The second-order valence-electron chi connectivity index (χ2n) is 8.47. The molecule has 3 aliphatic heterocycles. The molecule has 0 bridgehead atoms. The number of carbonyl (C=O) groups is 1. The first-order valence-corrected chi connectivity index (χ1v) is 10.4. The van der Waals surface area contributed by atoms with Crippen LogP contribution in [0, 0.1) is 5.92 Å². The molecule has 6 rings (SSSR count). The van der Waals surface area contributed by atoms with Gasteiger partial charge in [0.05, 0.1) is 11.6 Å². The quantitative estimate of drug-likeness (QED) is 0.732. The zero-order chi connectivity index (χ0) is 19.6. The van der Waals surface area contributed by atoms with Crippen molar-refractivity contribution in [3.05, 3.63) is 64.3 Å². The fraction of sp³-hybridized carbons (Fsp3) is 0.391. The first-order valence-electron chi connectivity index (χ1n) is 10.4. The molecule has 1 amide bonds. The van der Waals surface area contributed by atoms with E-state index < -0.39 is 5.41 Å². The number of anilines is 1. The van der Waals surface area contributed by atoms with E-state index in [4.69, 9.17) is 4.42 Å². The molecular formula is C23H23N3O3. The Kier molecular flexibility index (Phi) is 3.56. The van der Waals surface area contributed by atoms with Gasteiger partial charge in [0, 0.05) is 30.5 Å². The summed E-state index contributed by atoms with van der Waals surface area (Å²) < 4.78 is 7.33. The molecule has 5 heterocycles. The molecule has 3 aliphatic rings. The van der Waals surface area contributed by atoms with Gasteiger partial charge in [-0.15, -0.1) is 0 Å². The van der Waals surface area contributed by atoms with Crippen LogP contribution in [0.2, 0.25) is 0 Å². The van der Waals surface area contributed by atoms with Crippen LogP contribution in [0.1, 0.15) is 30.5 Å². The van der Waals surface area contributed by atoms with Crippen molar-refractivity contribution >= 4 is 22.6 Å². The zero-order valence-corrected chi connectivity index (χ0v) is 16.2. The van der Waals surface area contributed by atoms with Gasteiger partial charge in [0.1, 0.15) is 11.0 Å². The van der Waals surface area contributed by atoms with Gasteiger partial charge in [-0.05, 0) is 56.0 Å². The van der Waals surface area contributed by atoms with Crippen LogP contribution in [0.25, 0.3) is 11.0 Å². The molecule has 1 saturated heterocycles. The highest BCUT2D eigenvalue weighted by molar-refractivity contribution is 6.10. The summed E-state index contributed by atoms with van der Waals surface area (Å²) in [5, 5.41) is 3.98. The minimum Gasteiger partial charge on any atom is -0.464 e. The summed E-state index contributed by atoms with van der Waals surface area (Å²) in [7, 11) is 0. The summed E-state index contributed by atoms with van der Waals surface area (Å²) in [6.07, 6.45) is 4.33. The topological polar surface area (TPSA) is 67.5 Å². The van der Waals surface area contributed by atoms with Gasteiger partial charge in [-0.25, -0.2) is 0 Å². The number of hydrogen-bond acceptors (Lipinski definition) is 4. The number of carbonyl (C=O) groups excluding carboxylic acids is 1. The molecule has 1 N–H and O–H groups in total. The number of para-hydroxylation sites is 1. The van der Waals surface area contributed by atoms with Crippen LogP contribution in [0.15, 0.2) is 51.9 Å². The van der Waals surface area contributed by atoms with Gasteiger partial charge in [0.25, 0.3) is 5.56 Å². The fourth-order valence-electron chi connectivity index (χ4n) is 5.57. The second-order valence-corrected chi connectivity index (χ2v) is 8.47. The van der Waals surface area contributed by atoms with Crippen molar-refractivity contribution in [1.29, 1.82) is 0 Å². The van der Waals surface area contributed by atoms with E-state index in [9.17, 15) is 9.59 Å². The van der Waals surface area contributed by atoms with E-state index in [1.165, 1.54) is 0 Å². The van der Waals surface area contributed by atoms with Gasteiger partial charge in [-0.3, -0.25) is 9.59 Å². The monoisotopic (exact) mass is 389 g/mol. The number of benzene rings is 1. The summed E-state index contributed by atoms with van der Waals surface area (Å²) in [6.45, 7) is 3.31. The SMILES string of the molecule is O=C1N(CC2CCNCC2)c2ccccc2C12CCn1c2cc2occc2c1=O. The van der Waals surface area contributed by atoms with E-state index in [-0.39, 0.29) is 11.5 Å². The molecule has 1 atom stereocenters. The molecular weight excluding hydrogens is 366 g/mol. The van der Waals surface area contributed by atoms with E-state index in [1.54, 1.807) is 16.9 Å². The van der Waals surface area contributed by atoms with Crippen molar-refractivity contribution in [3.63, 3.8) is 0 Å². The summed E-state index contributed by atoms with van der Waals surface area (Å²) in [6, 6.07) is 11.7. The van der Waals surface area contributed by atoms with Gasteiger partial charge in [0.2, 0.25) is 5.91 Å². The maximum Gasteiger partial charge on any atom is 0.261 e. The maximum atomic E-state index is 14.0. The first kappa shape index (κ1) is 17.0. The van der Waals surface area contributed by atoms with Crippen molar-refractivity contribution < 1.29 is 9.21 Å². The third-order valence-corrected chi connectivity index (χ3v) is 7.04. The molecule has 1 spiro atoms. The minimum absolute atomic E-state index is 0.0646. The first-order chi connectivity index (χ1) is 14.2. The molecule has 1 fully saturated rings. The number of pyridine rings is 1. The lowest BCUT2D eigenvalue weighted by molar-refractivity contribution is -0.122. The average molecular weight is 389 g/mol. The molecule has 3 aromatic rings. The summed E-state index contributed by atoms with van der Waals surface area (Å²) in [5.74, 6) is 0.605. The van der Waals surface area contributed by atoms with Crippen LogP contribution in [0.5, 0.6) is 0 Å². The van der Waals surface area contributed by atoms with Crippen LogP contribution < -0.4 is 15.8 Å². The molecule has 148 valence electrons. The Morgan fingerprint density at radius 1 is 1.14 bits per heavy atom. The van der Waals surface area contributed by atoms with Crippen molar-refractivity contribution in [1.82, 2.24) is 9.88 Å². The van der Waals surface area contributed by atoms with Crippen molar-refractivity contribution in [2.75, 3.05) is 24.5 Å². The predicted octanol–water partition coefficient (Wildman–Crippen LogP) is 2.63. The molecule has 6 nitrogen and oxygen atoms in total. The molecule has 6 heteroatoms. The normalized spacial score (nSPS) is 23.9. The standard InChI is InChI=1S/C23H23N3O3/c27-21-16-7-12-29-19(16)13-20-23(8-11-25(20)21)17-3-1-2-4-18(17)26(22(23)28)14-15-5-9-24-10-6-15/h1-4,7,12-13,15,24H,5-6,8-11,14H2. The Hall–Kier alpha value is -2.86. The van der Waals surface area contributed by atoms with Crippen molar-refractivity contribution in [3.8, 4) is 0 Å². The Morgan fingerprint density at radius 2 is 1.97 bits per heavy atom. The fourth-order valence-corrected chi connectivity index (χ4v) is 5.57. The Balaban J connectivity index is 1.52. The summed E-state index contributed by atoms with van der Waals surface area (Å²) >= 11 is 0. The van der Waals surface area contributed by atoms with E-state index in [0.717, 1.165) is 49.4 Å². The molecule has 0 saturated carbocycles. The smallest absolute Gasteiger partial charge is 0.261 e. The molecule has 29 heavy (non-hydrogen) atoms. The number of rotatable bonds is 2. The average Bonchev–Trinajstić information content (AvgIpc) is 3.43. The van der Waals surface area contributed by atoms with Gasteiger partial charge >= 0.3 is 0 Å². The predicted molar refractivity (Wildman–Crippen MR) is 110 cm³/mol. The zero-order valence-electron chi connectivity index (χ0n) is 16.2. The highest BCUT2D eigenvalue weighted by Gasteiger charge is 2.56. The number of aromatic nitrogens is 1.